The molecular weight excluding hydrogens is 400 g/mol. The number of carbonyl (C=O) groups excluding carboxylic acids is 1. The fraction of sp³-hybridized carbons (Fsp3) is 0.364. The van der Waals surface area contributed by atoms with Gasteiger partial charge in [-0.1, -0.05) is 29.8 Å². The summed E-state index contributed by atoms with van der Waals surface area (Å²) in [6.45, 7) is 6.30. The van der Waals surface area contributed by atoms with Gasteiger partial charge in [-0.05, 0) is 50.8 Å². The lowest BCUT2D eigenvalue weighted by Gasteiger charge is -2.31. The molecule has 1 amide bonds. The van der Waals surface area contributed by atoms with E-state index in [1.54, 1.807) is 6.20 Å². The minimum Gasteiger partial charge on any atom is -0.324 e. The number of aryl methyl sites for hydroxylation is 3. The largest absolute Gasteiger partial charge is 0.324 e. The van der Waals surface area contributed by atoms with E-state index in [9.17, 15) is 13.2 Å². The third kappa shape index (κ3) is 3.73. The summed E-state index contributed by atoms with van der Waals surface area (Å²) in [5, 5.41) is 10.8. The van der Waals surface area contributed by atoms with Crippen LogP contribution in [0.5, 0.6) is 0 Å². The van der Waals surface area contributed by atoms with Crippen molar-refractivity contribution >= 4 is 32.5 Å². The van der Waals surface area contributed by atoms with Crippen molar-refractivity contribution in [1.82, 2.24) is 14.5 Å². The fourth-order valence-corrected chi connectivity index (χ4v) is 6.25. The van der Waals surface area contributed by atoms with E-state index in [0.717, 1.165) is 27.6 Å². The van der Waals surface area contributed by atoms with Crippen molar-refractivity contribution in [2.24, 2.45) is 5.92 Å². The van der Waals surface area contributed by atoms with Gasteiger partial charge in [0.25, 0.3) is 0 Å². The van der Waals surface area contributed by atoms with Gasteiger partial charge in [-0.2, -0.15) is 9.40 Å². The van der Waals surface area contributed by atoms with Gasteiger partial charge in [0.2, 0.25) is 15.9 Å². The van der Waals surface area contributed by atoms with Crippen LogP contribution in [0.25, 0.3) is 10.9 Å². The maximum absolute atomic E-state index is 13.2. The summed E-state index contributed by atoms with van der Waals surface area (Å²) in [5.74, 6) is -0.313. The van der Waals surface area contributed by atoms with Crippen molar-refractivity contribution in [1.29, 1.82) is 0 Å². The van der Waals surface area contributed by atoms with Gasteiger partial charge < -0.3 is 5.32 Å². The highest BCUT2D eigenvalue weighted by Gasteiger charge is 2.33. The van der Waals surface area contributed by atoms with Crippen LogP contribution in [0.15, 0.2) is 41.4 Å². The van der Waals surface area contributed by atoms with Gasteiger partial charge in [-0.15, -0.1) is 0 Å². The summed E-state index contributed by atoms with van der Waals surface area (Å²) < 4.78 is 28.0. The number of sulfonamides is 1. The van der Waals surface area contributed by atoms with Crippen LogP contribution in [0.1, 0.15) is 29.5 Å². The van der Waals surface area contributed by atoms with Crippen LogP contribution < -0.4 is 5.32 Å². The number of hydrogen-bond acceptors (Lipinski definition) is 4. The first-order chi connectivity index (χ1) is 14.3. The van der Waals surface area contributed by atoms with E-state index >= 15 is 0 Å². The smallest absolute Gasteiger partial charge is 0.243 e. The number of anilines is 1. The summed E-state index contributed by atoms with van der Waals surface area (Å²) in [7, 11) is -3.58. The summed E-state index contributed by atoms with van der Waals surface area (Å²) in [5.41, 5.74) is 4.05. The molecule has 2 N–H and O–H groups in total. The number of nitrogens with zero attached hydrogens (tertiary/aromatic N) is 2. The molecule has 7 nitrogen and oxygen atoms in total. The zero-order valence-corrected chi connectivity index (χ0v) is 18.2. The zero-order chi connectivity index (χ0) is 21.5. The molecule has 0 bridgehead atoms. The average molecular weight is 427 g/mol. The average Bonchev–Trinajstić information content (AvgIpc) is 3.17. The molecule has 1 aromatic heterocycles. The van der Waals surface area contributed by atoms with Crippen LogP contribution in [0, 0.1) is 26.7 Å². The lowest BCUT2D eigenvalue weighted by molar-refractivity contribution is -0.120. The van der Waals surface area contributed by atoms with E-state index in [-0.39, 0.29) is 11.8 Å². The van der Waals surface area contributed by atoms with Gasteiger partial charge in [0.1, 0.15) is 0 Å². The lowest BCUT2D eigenvalue weighted by atomic mass is 9.97. The molecule has 0 aliphatic carbocycles. The van der Waals surface area contributed by atoms with Crippen LogP contribution in [0.3, 0.4) is 0 Å². The van der Waals surface area contributed by atoms with Crippen LogP contribution in [-0.2, 0) is 14.8 Å². The van der Waals surface area contributed by atoms with E-state index in [1.807, 2.05) is 51.1 Å². The molecule has 0 atom stereocenters. The van der Waals surface area contributed by atoms with E-state index in [4.69, 9.17) is 0 Å². The molecule has 0 radical (unpaired) electrons. The van der Waals surface area contributed by atoms with Gasteiger partial charge >= 0.3 is 0 Å². The molecular formula is C22H26N4O3S. The number of H-pyrrole nitrogens is 1. The molecule has 1 fully saturated rings. The number of carbonyl (C=O) groups is 1. The lowest BCUT2D eigenvalue weighted by Crippen LogP contribution is -2.41. The first kappa shape index (κ1) is 20.6. The Morgan fingerprint density at radius 2 is 1.80 bits per heavy atom. The minimum absolute atomic E-state index is 0.0863. The minimum atomic E-state index is -3.58. The van der Waals surface area contributed by atoms with Crippen LogP contribution in [-0.4, -0.2) is 41.9 Å². The van der Waals surface area contributed by atoms with Crippen molar-refractivity contribution in [3.05, 3.63) is 53.2 Å². The normalized spacial score (nSPS) is 16.1. The maximum atomic E-state index is 13.2. The van der Waals surface area contributed by atoms with E-state index in [0.29, 0.717) is 36.5 Å². The Morgan fingerprint density at radius 1 is 1.13 bits per heavy atom. The molecule has 1 aliphatic heterocycles. The SMILES string of the molecule is Cc1cc(C)c(S(=O)(=O)N2CCC(C(=O)Nc3cccc4cn[nH]c34)CC2)c(C)c1. The second-order valence-electron chi connectivity index (χ2n) is 8.04. The van der Waals surface area contributed by atoms with Crippen molar-refractivity contribution in [3.63, 3.8) is 0 Å². The number of benzene rings is 2. The second kappa shape index (κ2) is 7.85. The third-order valence-electron chi connectivity index (χ3n) is 5.76. The molecule has 1 saturated heterocycles. The molecule has 30 heavy (non-hydrogen) atoms. The van der Waals surface area contributed by atoms with Crippen LogP contribution in [0.4, 0.5) is 5.69 Å². The number of hydrogen-bond donors (Lipinski definition) is 2. The Balaban J connectivity index is 1.46. The predicted molar refractivity (Wildman–Crippen MR) is 117 cm³/mol. The summed E-state index contributed by atoms with van der Waals surface area (Å²) in [4.78, 5) is 13.2. The van der Waals surface area contributed by atoms with Crippen molar-refractivity contribution in [3.8, 4) is 0 Å². The Bertz CT molecular complexity index is 1190. The molecule has 2 aromatic carbocycles. The number of amides is 1. The van der Waals surface area contributed by atoms with Gasteiger partial charge in [0, 0.05) is 24.4 Å². The Hall–Kier alpha value is -2.71. The standard InChI is InChI=1S/C22H26N4O3S/c1-14-11-15(2)21(16(3)12-14)30(28,29)26-9-7-17(8-10-26)22(27)24-19-6-4-5-18-13-23-25-20(18)19/h4-6,11-13,17H,7-10H2,1-3H3,(H,23,25)(H,24,27). The predicted octanol–water partition coefficient (Wildman–Crippen LogP) is 3.53. The van der Waals surface area contributed by atoms with Crippen molar-refractivity contribution in [2.45, 2.75) is 38.5 Å². The van der Waals surface area contributed by atoms with Crippen molar-refractivity contribution in [2.75, 3.05) is 18.4 Å². The molecule has 3 aromatic rings. The molecule has 1 aliphatic rings. The first-order valence-electron chi connectivity index (χ1n) is 10.1. The van der Waals surface area contributed by atoms with E-state index < -0.39 is 10.0 Å². The highest BCUT2D eigenvalue weighted by Crippen LogP contribution is 2.29. The van der Waals surface area contributed by atoms with E-state index in [1.165, 1.54) is 4.31 Å². The van der Waals surface area contributed by atoms with Gasteiger partial charge in [0.15, 0.2) is 0 Å². The number of piperidine rings is 1. The zero-order valence-electron chi connectivity index (χ0n) is 17.4. The number of fused-ring (bicyclic) bond motifs is 1. The first-order valence-corrected chi connectivity index (χ1v) is 11.5. The quantitative estimate of drug-likeness (QED) is 0.667. The molecule has 8 heteroatoms. The fourth-order valence-electron chi connectivity index (χ4n) is 4.37. The number of aromatic nitrogens is 2. The molecule has 4 rings (SSSR count). The monoisotopic (exact) mass is 426 g/mol. The Kier molecular flexibility index (Phi) is 5.38. The molecule has 2 heterocycles. The van der Waals surface area contributed by atoms with E-state index in [2.05, 4.69) is 15.5 Å². The summed E-state index contributed by atoms with van der Waals surface area (Å²) in [6.07, 6.45) is 2.70. The highest BCUT2D eigenvalue weighted by atomic mass is 32.2. The van der Waals surface area contributed by atoms with Crippen LogP contribution in [0.2, 0.25) is 0 Å². The van der Waals surface area contributed by atoms with Gasteiger partial charge in [-0.25, -0.2) is 8.42 Å². The van der Waals surface area contributed by atoms with Crippen LogP contribution >= 0.6 is 0 Å². The summed E-state index contributed by atoms with van der Waals surface area (Å²) in [6, 6.07) is 9.43. The maximum Gasteiger partial charge on any atom is 0.243 e. The Morgan fingerprint density at radius 3 is 2.47 bits per heavy atom. The second-order valence-corrected chi connectivity index (χ2v) is 9.91. The number of nitrogens with one attached hydrogen (secondary N) is 2. The number of para-hydroxylation sites is 1. The molecule has 158 valence electrons. The number of rotatable bonds is 4. The molecule has 0 saturated carbocycles. The topological polar surface area (TPSA) is 95.2 Å². The Labute approximate surface area is 176 Å². The molecule has 0 unspecified atom stereocenters. The van der Waals surface area contributed by atoms with Gasteiger partial charge in [-0.3, -0.25) is 9.89 Å². The third-order valence-corrected chi connectivity index (χ3v) is 7.97. The summed E-state index contributed by atoms with van der Waals surface area (Å²) >= 11 is 0. The van der Waals surface area contributed by atoms with Crippen molar-refractivity contribution < 1.29 is 13.2 Å². The highest BCUT2D eigenvalue weighted by molar-refractivity contribution is 7.89. The molecule has 0 spiro atoms. The van der Waals surface area contributed by atoms with Gasteiger partial charge in [0.05, 0.1) is 22.3 Å². The number of aromatic amines is 1.